The molecule has 1 atom stereocenters. The fourth-order valence-corrected chi connectivity index (χ4v) is 3.32. The Bertz CT molecular complexity index is 593. The van der Waals surface area contributed by atoms with Crippen molar-refractivity contribution in [3.63, 3.8) is 0 Å². The minimum atomic E-state index is -0.0131. The first-order chi connectivity index (χ1) is 12.6. The molecule has 0 bridgehead atoms. The van der Waals surface area contributed by atoms with Gasteiger partial charge in [0.05, 0.1) is 18.2 Å². The van der Waals surface area contributed by atoms with E-state index in [9.17, 15) is 5.11 Å². The quantitative estimate of drug-likeness (QED) is 0.335. The molecule has 0 aliphatic carbocycles. The van der Waals surface area contributed by atoms with E-state index >= 15 is 0 Å². The summed E-state index contributed by atoms with van der Waals surface area (Å²) in [5.41, 5.74) is -0.0131. The Hall–Kier alpha value is -1.21. The third-order valence-corrected chi connectivity index (χ3v) is 4.98. The lowest BCUT2D eigenvalue weighted by atomic mass is 9.84. The molecule has 26 heavy (non-hydrogen) atoms. The Morgan fingerprint density at radius 1 is 1.38 bits per heavy atom. The van der Waals surface area contributed by atoms with E-state index in [1.54, 1.807) is 25.2 Å². The summed E-state index contributed by atoms with van der Waals surface area (Å²) in [6.07, 6.45) is 2.48. The third-order valence-electron chi connectivity index (χ3n) is 4.45. The Morgan fingerprint density at radius 2 is 2.23 bits per heavy atom. The number of ether oxygens (including phenoxy) is 2. The van der Waals surface area contributed by atoms with Crippen molar-refractivity contribution in [2.45, 2.75) is 19.3 Å². The second kappa shape index (κ2) is 10.8. The highest BCUT2D eigenvalue weighted by molar-refractivity contribution is 6.35. The maximum absolute atomic E-state index is 9.28. The van der Waals surface area contributed by atoms with Crippen LogP contribution < -0.4 is 15.4 Å². The smallest absolute Gasteiger partial charge is 0.191 e. The van der Waals surface area contributed by atoms with Gasteiger partial charge in [-0.15, -0.1) is 0 Å². The van der Waals surface area contributed by atoms with E-state index in [1.165, 1.54) is 0 Å². The van der Waals surface area contributed by atoms with Gasteiger partial charge in [-0.25, -0.2) is 0 Å². The highest BCUT2D eigenvalue weighted by Crippen LogP contribution is 2.31. The van der Waals surface area contributed by atoms with Crippen molar-refractivity contribution in [2.75, 3.05) is 46.6 Å². The van der Waals surface area contributed by atoms with Gasteiger partial charge in [0.2, 0.25) is 0 Å². The van der Waals surface area contributed by atoms with Crippen molar-refractivity contribution >= 4 is 29.2 Å². The number of nitrogens with one attached hydrogen (secondary N) is 2. The SMILES string of the molecule is CN=C(NCCCOc1ccc(Cl)cc1Cl)NCC1(CCO)CCOC1. The molecule has 2 rings (SSSR count). The van der Waals surface area contributed by atoms with E-state index < -0.39 is 0 Å². The summed E-state index contributed by atoms with van der Waals surface area (Å²) in [6.45, 7) is 3.57. The molecular formula is C18H27Cl2N3O3. The van der Waals surface area contributed by atoms with Crippen LogP contribution in [0, 0.1) is 5.41 Å². The third kappa shape index (κ3) is 6.50. The number of rotatable bonds is 9. The van der Waals surface area contributed by atoms with E-state index in [-0.39, 0.29) is 12.0 Å². The monoisotopic (exact) mass is 403 g/mol. The molecule has 8 heteroatoms. The second-order valence-electron chi connectivity index (χ2n) is 6.41. The van der Waals surface area contributed by atoms with E-state index in [0.717, 1.165) is 38.4 Å². The molecule has 1 aliphatic heterocycles. The van der Waals surface area contributed by atoms with Crippen molar-refractivity contribution in [1.82, 2.24) is 10.6 Å². The molecule has 1 fully saturated rings. The summed E-state index contributed by atoms with van der Waals surface area (Å²) < 4.78 is 11.2. The van der Waals surface area contributed by atoms with E-state index in [1.807, 2.05) is 0 Å². The van der Waals surface area contributed by atoms with Crippen LogP contribution in [0.15, 0.2) is 23.2 Å². The van der Waals surface area contributed by atoms with Crippen LogP contribution in [-0.2, 0) is 4.74 Å². The standard InChI is InChI=1S/C18H27Cl2N3O3/c1-21-17(23-12-18(5-8-24)6-10-25-13-18)22-7-2-9-26-16-4-3-14(19)11-15(16)20/h3-4,11,24H,2,5-10,12-13H2,1H3,(H2,21,22,23). The minimum absolute atomic E-state index is 0.0131. The summed E-state index contributed by atoms with van der Waals surface area (Å²) in [4.78, 5) is 4.23. The summed E-state index contributed by atoms with van der Waals surface area (Å²) in [7, 11) is 1.74. The number of aliphatic hydroxyl groups excluding tert-OH is 1. The largest absolute Gasteiger partial charge is 0.492 e. The number of aliphatic imine (C=N–C) groups is 1. The predicted octanol–water partition coefficient (Wildman–Crippen LogP) is 2.72. The second-order valence-corrected chi connectivity index (χ2v) is 7.25. The summed E-state index contributed by atoms with van der Waals surface area (Å²) in [6, 6.07) is 5.18. The average Bonchev–Trinajstić information content (AvgIpc) is 3.08. The minimum Gasteiger partial charge on any atom is -0.492 e. The molecule has 0 spiro atoms. The van der Waals surface area contributed by atoms with Crippen LogP contribution in [0.2, 0.25) is 10.0 Å². The van der Waals surface area contributed by atoms with Gasteiger partial charge in [0.25, 0.3) is 0 Å². The maximum Gasteiger partial charge on any atom is 0.191 e. The average molecular weight is 404 g/mol. The molecule has 1 aromatic carbocycles. The number of hydrogen-bond acceptors (Lipinski definition) is 4. The van der Waals surface area contributed by atoms with Crippen molar-refractivity contribution in [1.29, 1.82) is 0 Å². The van der Waals surface area contributed by atoms with Crippen LogP contribution in [0.5, 0.6) is 5.75 Å². The lowest BCUT2D eigenvalue weighted by Crippen LogP contribution is -2.44. The molecule has 3 N–H and O–H groups in total. The zero-order chi connectivity index (χ0) is 18.8. The zero-order valence-electron chi connectivity index (χ0n) is 15.1. The Balaban J connectivity index is 1.67. The van der Waals surface area contributed by atoms with Gasteiger partial charge in [-0.05, 0) is 37.5 Å². The molecule has 0 amide bonds. The van der Waals surface area contributed by atoms with Gasteiger partial charge in [-0.2, -0.15) is 0 Å². The van der Waals surface area contributed by atoms with Crippen LogP contribution in [0.4, 0.5) is 0 Å². The van der Waals surface area contributed by atoms with Crippen LogP contribution in [0.1, 0.15) is 19.3 Å². The highest BCUT2D eigenvalue weighted by atomic mass is 35.5. The van der Waals surface area contributed by atoms with Crippen molar-refractivity contribution in [3.05, 3.63) is 28.2 Å². The fourth-order valence-electron chi connectivity index (χ4n) is 2.86. The topological polar surface area (TPSA) is 75.1 Å². The molecule has 1 aromatic rings. The molecular weight excluding hydrogens is 377 g/mol. The Kier molecular flexibility index (Phi) is 8.78. The Labute approximate surface area is 164 Å². The molecule has 0 saturated carbocycles. The predicted molar refractivity (Wildman–Crippen MR) is 106 cm³/mol. The zero-order valence-corrected chi connectivity index (χ0v) is 16.6. The van der Waals surface area contributed by atoms with Crippen molar-refractivity contribution < 1.29 is 14.6 Å². The molecule has 6 nitrogen and oxygen atoms in total. The molecule has 1 saturated heterocycles. The van der Waals surface area contributed by atoms with E-state index in [4.69, 9.17) is 32.7 Å². The molecule has 0 radical (unpaired) electrons. The molecule has 0 aromatic heterocycles. The lowest BCUT2D eigenvalue weighted by Gasteiger charge is -2.27. The van der Waals surface area contributed by atoms with Crippen molar-refractivity contribution in [3.8, 4) is 5.75 Å². The van der Waals surface area contributed by atoms with Crippen LogP contribution in [0.3, 0.4) is 0 Å². The lowest BCUT2D eigenvalue weighted by molar-refractivity contribution is 0.127. The van der Waals surface area contributed by atoms with Crippen LogP contribution in [-0.4, -0.2) is 57.6 Å². The normalized spacial score (nSPS) is 20.2. The number of hydrogen-bond donors (Lipinski definition) is 3. The fraction of sp³-hybridized carbons (Fsp3) is 0.611. The first-order valence-electron chi connectivity index (χ1n) is 8.79. The Morgan fingerprint density at radius 3 is 2.88 bits per heavy atom. The van der Waals surface area contributed by atoms with Crippen molar-refractivity contribution in [2.24, 2.45) is 10.4 Å². The van der Waals surface area contributed by atoms with Crippen LogP contribution in [0.25, 0.3) is 0 Å². The molecule has 1 unspecified atom stereocenters. The van der Waals surface area contributed by atoms with E-state index in [2.05, 4.69) is 15.6 Å². The summed E-state index contributed by atoms with van der Waals surface area (Å²) in [5, 5.41) is 17.0. The molecule has 1 aliphatic rings. The molecule has 1 heterocycles. The highest BCUT2D eigenvalue weighted by Gasteiger charge is 2.34. The van der Waals surface area contributed by atoms with Gasteiger partial charge in [-0.3, -0.25) is 4.99 Å². The first kappa shape index (κ1) is 21.1. The number of benzene rings is 1. The maximum atomic E-state index is 9.28. The number of guanidine groups is 1. The number of halogens is 2. The van der Waals surface area contributed by atoms with E-state index in [0.29, 0.717) is 35.6 Å². The number of nitrogens with zero attached hydrogens (tertiary/aromatic N) is 1. The van der Waals surface area contributed by atoms with Gasteiger partial charge < -0.3 is 25.2 Å². The number of aliphatic hydroxyl groups is 1. The van der Waals surface area contributed by atoms with Gasteiger partial charge >= 0.3 is 0 Å². The van der Waals surface area contributed by atoms with Gasteiger partial charge in [-0.1, -0.05) is 23.2 Å². The molecule has 146 valence electrons. The summed E-state index contributed by atoms with van der Waals surface area (Å²) >= 11 is 11.9. The van der Waals surface area contributed by atoms with Gasteiger partial charge in [0.15, 0.2) is 5.96 Å². The van der Waals surface area contributed by atoms with Gasteiger partial charge in [0.1, 0.15) is 5.75 Å². The first-order valence-corrected chi connectivity index (χ1v) is 9.55. The van der Waals surface area contributed by atoms with Crippen LogP contribution >= 0.6 is 23.2 Å². The van der Waals surface area contributed by atoms with Gasteiger partial charge in [0, 0.05) is 43.8 Å². The summed E-state index contributed by atoms with van der Waals surface area (Å²) in [5.74, 6) is 1.37.